The van der Waals surface area contributed by atoms with Crippen LogP contribution in [0.25, 0.3) is 11.4 Å². The summed E-state index contributed by atoms with van der Waals surface area (Å²) in [4.78, 5) is 9.08. The van der Waals surface area contributed by atoms with E-state index in [1.54, 1.807) is 6.07 Å². The van der Waals surface area contributed by atoms with Crippen molar-refractivity contribution < 1.29 is 4.39 Å². The highest BCUT2D eigenvalue weighted by molar-refractivity contribution is 5.55. The van der Waals surface area contributed by atoms with Crippen LogP contribution in [-0.2, 0) is 6.42 Å². The number of halogens is 1. The van der Waals surface area contributed by atoms with E-state index in [2.05, 4.69) is 29.1 Å². The molecule has 0 bridgehead atoms. The van der Waals surface area contributed by atoms with Crippen molar-refractivity contribution in [3.63, 3.8) is 0 Å². The predicted octanol–water partition coefficient (Wildman–Crippen LogP) is 3.44. The van der Waals surface area contributed by atoms with Gasteiger partial charge in [-0.3, -0.25) is 0 Å². The second-order valence-corrected chi connectivity index (χ2v) is 5.57. The van der Waals surface area contributed by atoms with Crippen molar-refractivity contribution in [1.29, 1.82) is 0 Å². The fourth-order valence-corrected chi connectivity index (χ4v) is 2.34. The van der Waals surface area contributed by atoms with E-state index in [4.69, 9.17) is 0 Å². The Balaban J connectivity index is 2.24. The van der Waals surface area contributed by atoms with Gasteiger partial charge in [0.25, 0.3) is 0 Å². The number of hydrogen-bond donors (Lipinski definition) is 1. The third-order valence-electron chi connectivity index (χ3n) is 3.43. The standard InChI is InChI=1S/C17H22FN3/c1-11(2)19-9-8-16-12(3)20-17(21-13(16)4)14-6-5-7-15(18)10-14/h5-7,10-11,19H,8-9H2,1-4H3. The zero-order valence-electron chi connectivity index (χ0n) is 13.1. The molecular formula is C17H22FN3. The smallest absolute Gasteiger partial charge is 0.159 e. The molecule has 4 heteroatoms. The topological polar surface area (TPSA) is 37.8 Å². The first-order valence-electron chi connectivity index (χ1n) is 7.31. The molecule has 2 rings (SSSR count). The highest BCUT2D eigenvalue weighted by Crippen LogP contribution is 2.19. The van der Waals surface area contributed by atoms with Crippen LogP contribution in [0.2, 0.25) is 0 Å². The Morgan fingerprint density at radius 3 is 2.38 bits per heavy atom. The Kier molecular flexibility index (Phi) is 5.02. The van der Waals surface area contributed by atoms with Gasteiger partial charge in [-0.25, -0.2) is 14.4 Å². The number of rotatable bonds is 5. The molecule has 0 aliphatic carbocycles. The van der Waals surface area contributed by atoms with Crippen LogP contribution >= 0.6 is 0 Å². The van der Waals surface area contributed by atoms with Gasteiger partial charge in [0.1, 0.15) is 5.82 Å². The van der Waals surface area contributed by atoms with E-state index < -0.39 is 0 Å². The number of hydrogen-bond acceptors (Lipinski definition) is 3. The van der Waals surface area contributed by atoms with Crippen LogP contribution in [0, 0.1) is 19.7 Å². The summed E-state index contributed by atoms with van der Waals surface area (Å²) >= 11 is 0. The number of benzene rings is 1. The van der Waals surface area contributed by atoms with Gasteiger partial charge in [-0.05, 0) is 44.5 Å². The van der Waals surface area contributed by atoms with Gasteiger partial charge in [0.15, 0.2) is 5.82 Å². The van der Waals surface area contributed by atoms with Crippen molar-refractivity contribution in [2.45, 2.75) is 40.2 Å². The monoisotopic (exact) mass is 287 g/mol. The minimum atomic E-state index is -0.267. The minimum absolute atomic E-state index is 0.267. The lowest BCUT2D eigenvalue weighted by molar-refractivity contribution is 0.588. The van der Waals surface area contributed by atoms with Gasteiger partial charge in [-0.1, -0.05) is 26.0 Å². The summed E-state index contributed by atoms with van der Waals surface area (Å²) in [5, 5.41) is 3.40. The third kappa shape index (κ3) is 4.08. The molecule has 0 saturated heterocycles. The van der Waals surface area contributed by atoms with Crippen LogP contribution in [0.4, 0.5) is 4.39 Å². The Hall–Kier alpha value is -1.81. The molecule has 0 atom stereocenters. The van der Waals surface area contributed by atoms with Crippen LogP contribution in [0.3, 0.4) is 0 Å². The van der Waals surface area contributed by atoms with Crippen LogP contribution in [0.1, 0.15) is 30.8 Å². The number of aromatic nitrogens is 2. The van der Waals surface area contributed by atoms with E-state index in [0.29, 0.717) is 17.4 Å². The second kappa shape index (κ2) is 6.76. The maximum absolute atomic E-state index is 13.3. The molecule has 0 aliphatic rings. The summed E-state index contributed by atoms with van der Waals surface area (Å²) in [5.74, 6) is 0.321. The summed E-state index contributed by atoms with van der Waals surface area (Å²) in [5.41, 5.74) is 3.82. The van der Waals surface area contributed by atoms with Gasteiger partial charge >= 0.3 is 0 Å². The van der Waals surface area contributed by atoms with E-state index >= 15 is 0 Å². The molecule has 0 spiro atoms. The Morgan fingerprint density at radius 1 is 1.14 bits per heavy atom. The van der Waals surface area contributed by atoms with Crippen LogP contribution in [0.5, 0.6) is 0 Å². The summed E-state index contributed by atoms with van der Waals surface area (Å²) < 4.78 is 13.3. The van der Waals surface area contributed by atoms with E-state index in [1.807, 2.05) is 19.9 Å². The summed E-state index contributed by atoms with van der Waals surface area (Å²) in [6.45, 7) is 9.14. The first kappa shape index (κ1) is 15.6. The summed E-state index contributed by atoms with van der Waals surface area (Å²) in [7, 11) is 0. The van der Waals surface area contributed by atoms with Crippen LogP contribution < -0.4 is 5.32 Å². The fourth-order valence-electron chi connectivity index (χ4n) is 2.34. The molecule has 21 heavy (non-hydrogen) atoms. The van der Waals surface area contributed by atoms with Gasteiger partial charge in [-0.15, -0.1) is 0 Å². The SMILES string of the molecule is Cc1nc(-c2cccc(F)c2)nc(C)c1CCNC(C)C. The number of aryl methyl sites for hydroxylation is 2. The first-order valence-corrected chi connectivity index (χ1v) is 7.31. The largest absolute Gasteiger partial charge is 0.314 e. The average Bonchev–Trinajstić information content (AvgIpc) is 2.41. The van der Waals surface area contributed by atoms with E-state index in [9.17, 15) is 4.39 Å². The van der Waals surface area contributed by atoms with Crippen molar-refractivity contribution >= 4 is 0 Å². The molecule has 3 nitrogen and oxygen atoms in total. The Morgan fingerprint density at radius 2 is 1.81 bits per heavy atom. The molecule has 0 saturated carbocycles. The number of nitrogens with zero attached hydrogens (tertiary/aromatic N) is 2. The van der Waals surface area contributed by atoms with E-state index in [-0.39, 0.29) is 5.82 Å². The molecule has 2 aromatic rings. The van der Waals surface area contributed by atoms with Crippen LogP contribution in [0.15, 0.2) is 24.3 Å². The second-order valence-electron chi connectivity index (χ2n) is 5.57. The molecule has 0 radical (unpaired) electrons. The normalized spacial score (nSPS) is 11.1. The molecular weight excluding hydrogens is 265 g/mol. The Bertz CT molecular complexity index is 600. The third-order valence-corrected chi connectivity index (χ3v) is 3.43. The zero-order valence-corrected chi connectivity index (χ0v) is 13.1. The lowest BCUT2D eigenvalue weighted by Crippen LogP contribution is -2.25. The zero-order chi connectivity index (χ0) is 15.4. The average molecular weight is 287 g/mol. The lowest BCUT2D eigenvalue weighted by Gasteiger charge is -2.13. The van der Waals surface area contributed by atoms with Gasteiger partial charge in [0.2, 0.25) is 0 Å². The molecule has 1 aromatic heterocycles. The number of nitrogens with one attached hydrogen (secondary N) is 1. The van der Waals surface area contributed by atoms with E-state index in [0.717, 1.165) is 24.4 Å². The molecule has 1 aromatic carbocycles. The van der Waals surface area contributed by atoms with Crippen molar-refractivity contribution in [2.75, 3.05) is 6.54 Å². The molecule has 0 aliphatic heterocycles. The Labute approximate surface area is 125 Å². The van der Waals surface area contributed by atoms with Crippen molar-refractivity contribution in [3.05, 3.63) is 47.0 Å². The highest BCUT2D eigenvalue weighted by atomic mass is 19.1. The predicted molar refractivity (Wildman–Crippen MR) is 83.7 cm³/mol. The molecule has 1 N–H and O–H groups in total. The van der Waals surface area contributed by atoms with Gasteiger partial charge in [0.05, 0.1) is 0 Å². The maximum Gasteiger partial charge on any atom is 0.159 e. The first-order chi connectivity index (χ1) is 9.97. The van der Waals surface area contributed by atoms with Crippen molar-refractivity contribution in [1.82, 2.24) is 15.3 Å². The maximum atomic E-state index is 13.3. The lowest BCUT2D eigenvalue weighted by atomic mass is 10.1. The van der Waals surface area contributed by atoms with Crippen LogP contribution in [-0.4, -0.2) is 22.6 Å². The van der Waals surface area contributed by atoms with Gasteiger partial charge in [-0.2, -0.15) is 0 Å². The fraction of sp³-hybridized carbons (Fsp3) is 0.412. The van der Waals surface area contributed by atoms with Gasteiger partial charge in [0, 0.05) is 23.0 Å². The van der Waals surface area contributed by atoms with Gasteiger partial charge < -0.3 is 5.32 Å². The quantitative estimate of drug-likeness (QED) is 0.915. The highest BCUT2D eigenvalue weighted by Gasteiger charge is 2.10. The molecule has 0 amide bonds. The summed E-state index contributed by atoms with van der Waals surface area (Å²) in [6.07, 6.45) is 0.902. The van der Waals surface area contributed by atoms with E-state index in [1.165, 1.54) is 17.7 Å². The minimum Gasteiger partial charge on any atom is -0.314 e. The van der Waals surface area contributed by atoms with Crippen molar-refractivity contribution in [3.8, 4) is 11.4 Å². The molecule has 1 heterocycles. The summed E-state index contributed by atoms with van der Waals surface area (Å²) in [6, 6.07) is 6.87. The molecule has 0 fully saturated rings. The van der Waals surface area contributed by atoms with Crippen molar-refractivity contribution in [2.24, 2.45) is 0 Å². The molecule has 0 unspecified atom stereocenters. The molecule has 112 valence electrons.